The molecule has 0 saturated carbocycles. The van der Waals surface area contributed by atoms with Crippen LogP contribution in [0.1, 0.15) is 21.7 Å². The molecule has 0 saturated heterocycles. The van der Waals surface area contributed by atoms with Crippen molar-refractivity contribution in [3.8, 4) is 0 Å². The quantitative estimate of drug-likeness (QED) is 0.426. The first kappa shape index (κ1) is 21.6. The van der Waals surface area contributed by atoms with E-state index >= 15 is 0 Å². The number of hydrogen-bond donors (Lipinski definition) is 2. The zero-order valence-electron chi connectivity index (χ0n) is 17.8. The number of hydrogen-bond acceptors (Lipinski definition) is 5. The van der Waals surface area contributed by atoms with Crippen molar-refractivity contribution >= 4 is 32.7 Å². The number of benzene rings is 2. The molecule has 0 bridgehead atoms. The van der Waals surface area contributed by atoms with Gasteiger partial charge in [-0.1, -0.05) is 30.3 Å². The molecule has 0 radical (unpaired) electrons. The van der Waals surface area contributed by atoms with Crippen molar-refractivity contribution in [3.05, 3.63) is 78.1 Å². The highest BCUT2D eigenvalue weighted by Gasteiger charge is 2.19. The number of carbonyl (C=O) groups is 1. The molecule has 0 aliphatic heterocycles. The van der Waals surface area contributed by atoms with Crippen molar-refractivity contribution in [2.24, 2.45) is 0 Å². The summed E-state index contributed by atoms with van der Waals surface area (Å²) < 4.78 is 29.9. The molecule has 0 aliphatic rings. The molecule has 2 heterocycles. The van der Waals surface area contributed by atoms with Crippen molar-refractivity contribution < 1.29 is 13.2 Å². The normalized spacial score (nSPS) is 11.6. The molecule has 4 rings (SSSR count). The summed E-state index contributed by atoms with van der Waals surface area (Å²) in [6.07, 6.45) is 6.25. The van der Waals surface area contributed by atoms with Gasteiger partial charge in [-0.2, -0.15) is 0 Å². The molecule has 0 unspecified atom stereocenters. The molecule has 0 atom stereocenters. The van der Waals surface area contributed by atoms with Crippen LogP contribution in [0.4, 0.5) is 5.69 Å². The van der Waals surface area contributed by atoms with Crippen LogP contribution in [0.15, 0.2) is 61.2 Å². The maximum absolute atomic E-state index is 13.2. The minimum atomic E-state index is -3.51. The Morgan fingerprint density at radius 3 is 2.62 bits per heavy atom. The van der Waals surface area contributed by atoms with E-state index in [1.54, 1.807) is 24.7 Å². The average Bonchev–Trinajstić information content (AvgIpc) is 3.35. The van der Waals surface area contributed by atoms with Crippen LogP contribution in [0.3, 0.4) is 0 Å². The van der Waals surface area contributed by atoms with Crippen molar-refractivity contribution in [1.29, 1.82) is 0 Å². The fourth-order valence-corrected chi connectivity index (χ4v) is 4.15. The summed E-state index contributed by atoms with van der Waals surface area (Å²) in [6, 6.07) is 13.1. The fraction of sp³-hybridized carbons (Fsp3) is 0.227. The van der Waals surface area contributed by atoms with Crippen LogP contribution in [0, 0.1) is 6.92 Å². The van der Waals surface area contributed by atoms with Gasteiger partial charge in [0.15, 0.2) is 0 Å². The van der Waals surface area contributed by atoms with Gasteiger partial charge in [0.1, 0.15) is 5.82 Å². The van der Waals surface area contributed by atoms with Gasteiger partial charge >= 0.3 is 0 Å². The van der Waals surface area contributed by atoms with Crippen molar-refractivity contribution in [2.75, 3.05) is 17.5 Å². The lowest BCUT2D eigenvalue weighted by molar-refractivity contribution is 0.0953. The predicted molar refractivity (Wildman–Crippen MR) is 123 cm³/mol. The van der Waals surface area contributed by atoms with E-state index in [0.717, 1.165) is 17.6 Å². The van der Waals surface area contributed by atoms with Crippen LogP contribution in [0.5, 0.6) is 0 Å². The summed E-state index contributed by atoms with van der Waals surface area (Å²) in [4.78, 5) is 21.8. The van der Waals surface area contributed by atoms with E-state index in [1.807, 2.05) is 52.6 Å². The minimum Gasteiger partial charge on any atom is -0.350 e. The minimum absolute atomic E-state index is 0.295. The Hall–Kier alpha value is -3.66. The van der Waals surface area contributed by atoms with E-state index < -0.39 is 10.0 Å². The number of aryl methyl sites for hydroxylation is 1. The average molecular weight is 453 g/mol. The lowest BCUT2D eigenvalue weighted by Crippen LogP contribution is -2.27. The van der Waals surface area contributed by atoms with E-state index in [0.29, 0.717) is 41.9 Å². The van der Waals surface area contributed by atoms with E-state index in [2.05, 4.69) is 20.0 Å². The van der Waals surface area contributed by atoms with Crippen LogP contribution in [0.2, 0.25) is 0 Å². The van der Waals surface area contributed by atoms with E-state index in [1.165, 1.54) is 0 Å². The maximum atomic E-state index is 13.2. The predicted octanol–water partition coefficient (Wildman–Crippen LogP) is 2.39. The molecular weight excluding hydrogens is 428 g/mol. The van der Waals surface area contributed by atoms with Gasteiger partial charge in [0, 0.05) is 32.0 Å². The largest absolute Gasteiger partial charge is 0.350 e. The SMILES string of the molecule is Cc1nc2cc(NS(C)(=O)=O)cc(C(=O)NCCn3ccnc3)c2n1Cc1ccccc1. The topological polar surface area (TPSA) is 111 Å². The zero-order valence-corrected chi connectivity index (χ0v) is 18.6. The Kier molecular flexibility index (Phi) is 5.95. The van der Waals surface area contributed by atoms with Gasteiger partial charge in [-0.15, -0.1) is 0 Å². The first-order chi connectivity index (χ1) is 15.3. The van der Waals surface area contributed by atoms with Gasteiger partial charge in [-0.05, 0) is 24.6 Å². The molecular formula is C22H24N6O3S. The molecule has 2 aromatic heterocycles. The second-order valence-electron chi connectivity index (χ2n) is 7.55. The van der Waals surface area contributed by atoms with Crippen molar-refractivity contribution in [2.45, 2.75) is 20.0 Å². The number of aromatic nitrogens is 4. The lowest BCUT2D eigenvalue weighted by atomic mass is 10.1. The number of amides is 1. The highest BCUT2D eigenvalue weighted by molar-refractivity contribution is 7.92. The Balaban J connectivity index is 1.73. The highest BCUT2D eigenvalue weighted by atomic mass is 32.2. The summed E-state index contributed by atoms with van der Waals surface area (Å²) in [6.45, 7) is 3.37. The van der Waals surface area contributed by atoms with Crippen LogP contribution >= 0.6 is 0 Å². The first-order valence-corrected chi connectivity index (χ1v) is 12.0. The van der Waals surface area contributed by atoms with Crippen LogP contribution in [-0.4, -0.2) is 46.2 Å². The van der Waals surface area contributed by atoms with Gasteiger partial charge < -0.3 is 14.5 Å². The Morgan fingerprint density at radius 1 is 1.16 bits per heavy atom. The van der Waals surface area contributed by atoms with Crippen LogP contribution < -0.4 is 10.0 Å². The number of nitrogens with one attached hydrogen (secondary N) is 2. The molecule has 2 N–H and O–H groups in total. The molecule has 0 aliphatic carbocycles. The zero-order chi connectivity index (χ0) is 22.7. The van der Waals surface area contributed by atoms with E-state index in [9.17, 15) is 13.2 Å². The number of rotatable bonds is 8. The standard InChI is InChI=1S/C22H24N6O3S/c1-16-25-20-13-18(26-32(2,30)31)12-19(22(29)24-9-11-27-10-8-23-15-27)21(20)28(16)14-17-6-4-3-5-7-17/h3-8,10,12-13,15,26H,9,11,14H2,1-2H3,(H,24,29). The lowest BCUT2D eigenvalue weighted by Gasteiger charge is -2.13. The Labute approximate surface area is 186 Å². The number of anilines is 1. The number of nitrogens with zero attached hydrogens (tertiary/aromatic N) is 4. The third kappa shape index (κ3) is 4.97. The molecule has 10 heteroatoms. The highest BCUT2D eigenvalue weighted by Crippen LogP contribution is 2.27. The second kappa shape index (κ2) is 8.83. The molecule has 9 nitrogen and oxygen atoms in total. The number of imidazole rings is 2. The van der Waals surface area contributed by atoms with Gasteiger partial charge in [0.25, 0.3) is 5.91 Å². The number of carbonyl (C=O) groups excluding carboxylic acids is 1. The summed E-state index contributed by atoms with van der Waals surface area (Å²) in [5.74, 6) is 0.425. The van der Waals surface area contributed by atoms with E-state index in [-0.39, 0.29) is 5.91 Å². The maximum Gasteiger partial charge on any atom is 0.253 e. The van der Waals surface area contributed by atoms with Gasteiger partial charge in [-0.3, -0.25) is 9.52 Å². The summed E-state index contributed by atoms with van der Waals surface area (Å²) in [7, 11) is -3.51. The Bertz CT molecular complexity index is 1350. The summed E-state index contributed by atoms with van der Waals surface area (Å²) in [5, 5.41) is 2.91. The van der Waals surface area contributed by atoms with Gasteiger partial charge in [0.2, 0.25) is 10.0 Å². The van der Waals surface area contributed by atoms with Crippen LogP contribution in [-0.2, 0) is 23.1 Å². The summed E-state index contributed by atoms with van der Waals surface area (Å²) in [5.41, 5.74) is 2.93. The van der Waals surface area contributed by atoms with Gasteiger partial charge in [0.05, 0.1) is 34.9 Å². The molecule has 0 fully saturated rings. The fourth-order valence-electron chi connectivity index (χ4n) is 3.60. The van der Waals surface area contributed by atoms with Gasteiger partial charge in [-0.25, -0.2) is 18.4 Å². The smallest absolute Gasteiger partial charge is 0.253 e. The Morgan fingerprint density at radius 2 is 1.94 bits per heavy atom. The first-order valence-electron chi connectivity index (χ1n) is 10.1. The molecule has 0 spiro atoms. The third-order valence-corrected chi connectivity index (χ3v) is 5.59. The van der Waals surface area contributed by atoms with Crippen molar-refractivity contribution in [1.82, 2.24) is 24.4 Å². The molecule has 2 aromatic carbocycles. The third-order valence-electron chi connectivity index (χ3n) is 4.98. The molecule has 4 aromatic rings. The molecule has 32 heavy (non-hydrogen) atoms. The number of sulfonamides is 1. The molecule has 166 valence electrons. The molecule has 1 amide bonds. The number of fused-ring (bicyclic) bond motifs is 1. The van der Waals surface area contributed by atoms with E-state index in [4.69, 9.17) is 0 Å². The van der Waals surface area contributed by atoms with Crippen molar-refractivity contribution in [3.63, 3.8) is 0 Å². The van der Waals surface area contributed by atoms with Crippen LogP contribution in [0.25, 0.3) is 11.0 Å². The second-order valence-corrected chi connectivity index (χ2v) is 9.30. The monoisotopic (exact) mass is 452 g/mol. The summed E-state index contributed by atoms with van der Waals surface area (Å²) >= 11 is 0.